The van der Waals surface area contributed by atoms with Crippen LogP contribution in [0.5, 0.6) is 0 Å². The predicted molar refractivity (Wildman–Crippen MR) is 92.1 cm³/mol. The molecule has 0 saturated heterocycles. The number of aryl methyl sites for hydroxylation is 5. The lowest BCUT2D eigenvalue weighted by atomic mass is 9.90. The minimum Gasteiger partial charge on any atom is -0.313 e. The molecule has 0 radical (unpaired) electrons. The fourth-order valence-corrected chi connectivity index (χ4v) is 3.32. The molecule has 1 atom stereocenters. The van der Waals surface area contributed by atoms with E-state index in [2.05, 4.69) is 77.3 Å². The minimum atomic E-state index is 0.366. The lowest BCUT2D eigenvalue weighted by Crippen LogP contribution is -2.20. The van der Waals surface area contributed by atoms with Crippen molar-refractivity contribution in [2.45, 2.75) is 47.1 Å². The zero-order valence-electron chi connectivity index (χ0n) is 14.2. The van der Waals surface area contributed by atoms with Crippen molar-refractivity contribution in [1.82, 2.24) is 5.32 Å². The molecule has 1 nitrogen and oxygen atoms in total. The van der Waals surface area contributed by atoms with Crippen LogP contribution in [0.25, 0.3) is 0 Å². The van der Waals surface area contributed by atoms with E-state index in [9.17, 15) is 0 Å². The van der Waals surface area contributed by atoms with Crippen LogP contribution in [0.4, 0.5) is 0 Å². The van der Waals surface area contributed by atoms with E-state index in [0.717, 1.165) is 6.42 Å². The van der Waals surface area contributed by atoms with Gasteiger partial charge in [0, 0.05) is 6.04 Å². The number of hydrogen-bond donors (Lipinski definition) is 1. The molecule has 0 bridgehead atoms. The van der Waals surface area contributed by atoms with Gasteiger partial charge in [-0.3, -0.25) is 0 Å². The maximum absolute atomic E-state index is 3.50. The van der Waals surface area contributed by atoms with Crippen LogP contribution >= 0.6 is 0 Å². The zero-order valence-corrected chi connectivity index (χ0v) is 14.2. The number of benzene rings is 2. The van der Waals surface area contributed by atoms with Gasteiger partial charge in [-0.15, -0.1) is 0 Å². The molecular formula is C20H27N. The van der Waals surface area contributed by atoms with Gasteiger partial charge in [-0.25, -0.2) is 0 Å². The highest BCUT2D eigenvalue weighted by Crippen LogP contribution is 2.26. The van der Waals surface area contributed by atoms with E-state index in [1.165, 1.54) is 38.9 Å². The van der Waals surface area contributed by atoms with Crippen molar-refractivity contribution < 1.29 is 0 Å². The van der Waals surface area contributed by atoms with Gasteiger partial charge in [0.05, 0.1) is 0 Å². The van der Waals surface area contributed by atoms with Gasteiger partial charge >= 0.3 is 0 Å². The third-order valence-corrected chi connectivity index (χ3v) is 4.40. The van der Waals surface area contributed by atoms with Gasteiger partial charge in [-0.2, -0.15) is 0 Å². The molecule has 0 spiro atoms. The molecule has 0 heterocycles. The van der Waals surface area contributed by atoms with E-state index in [-0.39, 0.29) is 0 Å². The lowest BCUT2D eigenvalue weighted by molar-refractivity contribution is 0.586. The summed E-state index contributed by atoms with van der Waals surface area (Å²) in [5.74, 6) is 0. The summed E-state index contributed by atoms with van der Waals surface area (Å²) in [7, 11) is 2.06. The molecule has 0 saturated carbocycles. The summed E-state index contributed by atoms with van der Waals surface area (Å²) in [4.78, 5) is 0. The molecule has 1 heteroatoms. The average Bonchev–Trinajstić information content (AvgIpc) is 2.39. The summed E-state index contributed by atoms with van der Waals surface area (Å²) in [5.41, 5.74) is 9.73. The van der Waals surface area contributed by atoms with Gasteiger partial charge in [0.15, 0.2) is 0 Å². The van der Waals surface area contributed by atoms with Crippen LogP contribution in [0, 0.1) is 34.6 Å². The van der Waals surface area contributed by atoms with Crippen LogP contribution in [-0.2, 0) is 6.42 Å². The summed E-state index contributed by atoms with van der Waals surface area (Å²) < 4.78 is 0. The Balaban J connectivity index is 2.36. The van der Waals surface area contributed by atoms with Crippen LogP contribution in [0.2, 0.25) is 0 Å². The third-order valence-electron chi connectivity index (χ3n) is 4.40. The molecular weight excluding hydrogens is 254 g/mol. The molecule has 0 aliphatic heterocycles. The fourth-order valence-electron chi connectivity index (χ4n) is 3.32. The molecule has 2 aromatic carbocycles. The Hall–Kier alpha value is -1.60. The predicted octanol–water partition coefficient (Wildman–Crippen LogP) is 4.73. The Labute approximate surface area is 129 Å². The smallest absolute Gasteiger partial charge is 0.0361 e. The first-order valence-corrected chi connectivity index (χ1v) is 7.73. The van der Waals surface area contributed by atoms with Crippen molar-refractivity contribution in [3.8, 4) is 0 Å². The molecule has 1 N–H and O–H groups in total. The van der Waals surface area contributed by atoms with Crippen LogP contribution in [-0.4, -0.2) is 7.05 Å². The van der Waals surface area contributed by atoms with Crippen LogP contribution in [0.3, 0.4) is 0 Å². The van der Waals surface area contributed by atoms with Crippen molar-refractivity contribution >= 4 is 0 Å². The highest BCUT2D eigenvalue weighted by atomic mass is 14.9. The van der Waals surface area contributed by atoms with Gasteiger partial charge in [0.1, 0.15) is 0 Å². The van der Waals surface area contributed by atoms with Crippen LogP contribution in [0.15, 0.2) is 30.3 Å². The Bertz CT molecular complexity index is 617. The van der Waals surface area contributed by atoms with E-state index in [4.69, 9.17) is 0 Å². The van der Waals surface area contributed by atoms with E-state index in [1.807, 2.05) is 0 Å². The third kappa shape index (κ3) is 3.54. The fraction of sp³-hybridized carbons (Fsp3) is 0.400. The van der Waals surface area contributed by atoms with Crippen LogP contribution < -0.4 is 5.32 Å². The first-order valence-electron chi connectivity index (χ1n) is 7.73. The maximum atomic E-state index is 3.50. The number of rotatable bonds is 4. The average molecular weight is 281 g/mol. The normalized spacial score (nSPS) is 12.5. The standard InChI is InChI=1S/C20H27N/c1-13-7-8-18(15(3)9-13)20(21-6)12-19-16(4)10-14(2)11-17(19)5/h7-11,20-21H,12H2,1-6H3. The van der Waals surface area contributed by atoms with Crippen molar-refractivity contribution in [2.24, 2.45) is 0 Å². The summed E-state index contributed by atoms with van der Waals surface area (Å²) in [5, 5.41) is 3.50. The quantitative estimate of drug-likeness (QED) is 0.854. The minimum absolute atomic E-state index is 0.366. The molecule has 0 fully saturated rings. The molecule has 0 amide bonds. The van der Waals surface area contributed by atoms with Gasteiger partial charge < -0.3 is 5.32 Å². The topological polar surface area (TPSA) is 12.0 Å². The first kappa shape index (κ1) is 15.8. The lowest BCUT2D eigenvalue weighted by Gasteiger charge is -2.22. The molecule has 21 heavy (non-hydrogen) atoms. The van der Waals surface area contributed by atoms with E-state index in [0.29, 0.717) is 6.04 Å². The van der Waals surface area contributed by atoms with Gasteiger partial charge in [0.25, 0.3) is 0 Å². The molecule has 2 aromatic rings. The monoisotopic (exact) mass is 281 g/mol. The van der Waals surface area contributed by atoms with E-state index >= 15 is 0 Å². The first-order chi connectivity index (χ1) is 9.92. The molecule has 112 valence electrons. The highest BCUT2D eigenvalue weighted by Gasteiger charge is 2.15. The second-order valence-electron chi connectivity index (χ2n) is 6.28. The Morgan fingerprint density at radius 2 is 1.38 bits per heavy atom. The Kier molecular flexibility index (Phi) is 4.84. The SMILES string of the molecule is CNC(Cc1c(C)cc(C)cc1C)c1ccc(C)cc1C. The molecule has 2 rings (SSSR count). The maximum Gasteiger partial charge on any atom is 0.0361 e. The van der Waals surface area contributed by atoms with E-state index in [1.54, 1.807) is 0 Å². The van der Waals surface area contributed by atoms with Crippen molar-refractivity contribution in [3.05, 3.63) is 69.3 Å². The molecule has 0 aliphatic carbocycles. The Morgan fingerprint density at radius 1 is 0.810 bits per heavy atom. The van der Waals surface area contributed by atoms with Gasteiger partial charge in [-0.05, 0) is 75.9 Å². The zero-order chi connectivity index (χ0) is 15.6. The molecule has 0 aliphatic rings. The second-order valence-corrected chi connectivity index (χ2v) is 6.28. The van der Waals surface area contributed by atoms with Gasteiger partial charge in [0.2, 0.25) is 0 Å². The van der Waals surface area contributed by atoms with Gasteiger partial charge in [-0.1, -0.05) is 41.5 Å². The highest BCUT2D eigenvalue weighted by molar-refractivity contribution is 5.40. The van der Waals surface area contributed by atoms with Crippen LogP contribution in [0.1, 0.15) is 45.0 Å². The molecule has 1 unspecified atom stereocenters. The second kappa shape index (κ2) is 6.44. The van der Waals surface area contributed by atoms with Crippen molar-refractivity contribution in [1.29, 1.82) is 0 Å². The summed E-state index contributed by atoms with van der Waals surface area (Å²) in [6.45, 7) is 11.0. The van der Waals surface area contributed by atoms with Crippen molar-refractivity contribution in [2.75, 3.05) is 7.05 Å². The van der Waals surface area contributed by atoms with Crippen molar-refractivity contribution in [3.63, 3.8) is 0 Å². The summed E-state index contributed by atoms with van der Waals surface area (Å²) in [6.07, 6.45) is 1.04. The Morgan fingerprint density at radius 3 is 1.90 bits per heavy atom. The number of hydrogen-bond acceptors (Lipinski definition) is 1. The number of likely N-dealkylation sites (N-methyl/N-ethyl adjacent to an activating group) is 1. The summed E-state index contributed by atoms with van der Waals surface area (Å²) >= 11 is 0. The number of nitrogens with one attached hydrogen (secondary N) is 1. The summed E-state index contributed by atoms with van der Waals surface area (Å²) in [6, 6.07) is 11.7. The van der Waals surface area contributed by atoms with E-state index < -0.39 is 0 Å². The largest absolute Gasteiger partial charge is 0.313 e. The molecule has 0 aromatic heterocycles.